The lowest BCUT2D eigenvalue weighted by Crippen LogP contribution is -2.39. The predicted octanol–water partition coefficient (Wildman–Crippen LogP) is 2.35. The Kier molecular flexibility index (Phi) is 4.83. The zero-order chi connectivity index (χ0) is 17.1. The molecule has 0 bridgehead atoms. The Morgan fingerprint density at radius 1 is 1.38 bits per heavy atom. The second-order valence-electron chi connectivity index (χ2n) is 6.52. The van der Waals surface area contributed by atoms with Crippen LogP contribution < -0.4 is 10.6 Å². The molecule has 0 aromatic carbocycles. The van der Waals surface area contributed by atoms with Gasteiger partial charge in [-0.2, -0.15) is 5.10 Å². The molecule has 2 heterocycles. The predicted molar refractivity (Wildman–Crippen MR) is 96.4 cm³/mol. The zero-order valence-electron chi connectivity index (χ0n) is 14.9. The first-order chi connectivity index (χ1) is 11.6. The number of nitrogens with zero attached hydrogens (tertiary/aromatic N) is 4. The number of hydrogen-bond donors (Lipinski definition) is 2. The van der Waals surface area contributed by atoms with E-state index in [1.54, 1.807) is 0 Å². The van der Waals surface area contributed by atoms with Crippen molar-refractivity contribution in [1.29, 1.82) is 0 Å². The highest BCUT2D eigenvalue weighted by Gasteiger charge is 2.33. The fraction of sp³-hybridized carbons (Fsp3) is 0.500. The molecular formula is C18H26N6. The molecule has 6 nitrogen and oxygen atoms in total. The lowest BCUT2D eigenvalue weighted by molar-refractivity contribution is 0.765. The van der Waals surface area contributed by atoms with Crippen molar-refractivity contribution in [2.24, 2.45) is 10.9 Å². The molecule has 1 aliphatic carbocycles. The highest BCUT2D eigenvalue weighted by Crippen LogP contribution is 2.28. The van der Waals surface area contributed by atoms with Crippen LogP contribution in [0.5, 0.6) is 0 Å². The van der Waals surface area contributed by atoms with Crippen LogP contribution in [0.3, 0.4) is 0 Å². The summed E-state index contributed by atoms with van der Waals surface area (Å²) in [5.74, 6) is 2.47. The van der Waals surface area contributed by atoms with Crippen LogP contribution in [0.25, 0.3) is 5.82 Å². The molecule has 6 heteroatoms. The first-order valence-corrected chi connectivity index (χ1v) is 8.60. The van der Waals surface area contributed by atoms with Gasteiger partial charge >= 0.3 is 0 Å². The second-order valence-corrected chi connectivity index (χ2v) is 6.52. The van der Waals surface area contributed by atoms with E-state index in [0.29, 0.717) is 12.6 Å². The fourth-order valence-corrected chi connectivity index (χ4v) is 2.69. The number of pyridine rings is 1. The van der Waals surface area contributed by atoms with Crippen molar-refractivity contribution in [2.75, 3.05) is 6.54 Å². The number of aryl methyl sites for hydroxylation is 2. The van der Waals surface area contributed by atoms with Crippen molar-refractivity contribution in [2.45, 2.75) is 46.7 Å². The quantitative estimate of drug-likeness (QED) is 0.654. The molecule has 128 valence electrons. The maximum Gasteiger partial charge on any atom is 0.191 e. The van der Waals surface area contributed by atoms with Gasteiger partial charge in [0.05, 0.1) is 12.2 Å². The van der Waals surface area contributed by atoms with Gasteiger partial charge in [-0.3, -0.25) is 0 Å². The molecule has 0 saturated heterocycles. The highest BCUT2D eigenvalue weighted by molar-refractivity contribution is 5.80. The van der Waals surface area contributed by atoms with E-state index in [1.165, 1.54) is 6.42 Å². The van der Waals surface area contributed by atoms with Gasteiger partial charge in [0.2, 0.25) is 0 Å². The summed E-state index contributed by atoms with van der Waals surface area (Å²) >= 11 is 0. The molecule has 3 rings (SSSR count). The van der Waals surface area contributed by atoms with Gasteiger partial charge < -0.3 is 10.6 Å². The third-order valence-corrected chi connectivity index (χ3v) is 4.23. The second kappa shape index (κ2) is 7.03. The summed E-state index contributed by atoms with van der Waals surface area (Å²) in [7, 11) is 0. The largest absolute Gasteiger partial charge is 0.357 e. The highest BCUT2D eigenvalue weighted by atomic mass is 15.3. The van der Waals surface area contributed by atoms with Crippen molar-refractivity contribution in [3.63, 3.8) is 0 Å². The number of hydrogen-bond acceptors (Lipinski definition) is 3. The minimum Gasteiger partial charge on any atom is -0.357 e. The Balaban J connectivity index is 1.66. The number of rotatable bonds is 5. The van der Waals surface area contributed by atoms with E-state index in [1.807, 2.05) is 36.9 Å². The van der Waals surface area contributed by atoms with Gasteiger partial charge in [0, 0.05) is 24.5 Å². The Morgan fingerprint density at radius 3 is 2.71 bits per heavy atom. The molecule has 2 unspecified atom stereocenters. The summed E-state index contributed by atoms with van der Waals surface area (Å²) < 4.78 is 1.86. The average Bonchev–Trinajstić information content (AvgIpc) is 3.14. The summed E-state index contributed by atoms with van der Waals surface area (Å²) in [5.41, 5.74) is 3.17. The zero-order valence-corrected chi connectivity index (χ0v) is 14.9. The van der Waals surface area contributed by atoms with Crippen LogP contribution in [0.2, 0.25) is 0 Å². The third kappa shape index (κ3) is 3.93. The average molecular weight is 326 g/mol. The van der Waals surface area contributed by atoms with Crippen molar-refractivity contribution >= 4 is 5.96 Å². The summed E-state index contributed by atoms with van der Waals surface area (Å²) in [6, 6.07) is 6.67. The van der Waals surface area contributed by atoms with Gasteiger partial charge in [0.1, 0.15) is 0 Å². The molecule has 1 aliphatic rings. The minimum absolute atomic E-state index is 0.564. The van der Waals surface area contributed by atoms with Gasteiger partial charge in [-0.25, -0.2) is 14.7 Å². The van der Waals surface area contributed by atoms with Crippen LogP contribution >= 0.6 is 0 Å². The summed E-state index contributed by atoms with van der Waals surface area (Å²) in [4.78, 5) is 9.18. The molecule has 2 aromatic rings. The standard InChI is InChI=1S/C18H26N6/c1-5-19-18(22-16-8-12(16)2)21-11-15-6-7-17(20-10-15)24-14(4)9-13(3)23-24/h6-7,9-10,12,16H,5,8,11H2,1-4H3,(H2,19,21,22). The number of nitrogens with one attached hydrogen (secondary N) is 2. The fourth-order valence-electron chi connectivity index (χ4n) is 2.69. The Labute approximate surface area is 143 Å². The normalized spacial score (nSPS) is 20.1. The maximum absolute atomic E-state index is 4.65. The molecule has 2 aromatic heterocycles. The van der Waals surface area contributed by atoms with Gasteiger partial charge in [-0.1, -0.05) is 13.0 Å². The maximum atomic E-state index is 4.65. The van der Waals surface area contributed by atoms with Crippen molar-refractivity contribution in [3.05, 3.63) is 41.3 Å². The Hall–Kier alpha value is -2.37. The Bertz CT molecular complexity index is 716. The molecule has 2 N–H and O–H groups in total. The van der Waals surface area contributed by atoms with Crippen molar-refractivity contribution in [3.8, 4) is 5.82 Å². The molecule has 0 aliphatic heterocycles. The van der Waals surface area contributed by atoms with Crippen LogP contribution in [-0.2, 0) is 6.54 Å². The van der Waals surface area contributed by atoms with Crippen molar-refractivity contribution < 1.29 is 0 Å². The van der Waals surface area contributed by atoms with Gasteiger partial charge in [0.25, 0.3) is 0 Å². The number of aromatic nitrogens is 3. The van der Waals surface area contributed by atoms with Gasteiger partial charge in [-0.15, -0.1) is 0 Å². The molecule has 0 radical (unpaired) electrons. The van der Waals surface area contributed by atoms with Crippen molar-refractivity contribution in [1.82, 2.24) is 25.4 Å². The first kappa shape index (κ1) is 16.5. The SMILES string of the molecule is CCNC(=NCc1ccc(-n2nc(C)cc2C)nc1)NC1CC1C. The van der Waals surface area contributed by atoms with Crippen LogP contribution in [0.4, 0.5) is 0 Å². The van der Waals surface area contributed by atoms with E-state index < -0.39 is 0 Å². The Morgan fingerprint density at radius 2 is 2.17 bits per heavy atom. The minimum atomic E-state index is 0.564. The number of guanidine groups is 1. The molecule has 2 atom stereocenters. The number of aliphatic imine (C=N–C) groups is 1. The molecule has 24 heavy (non-hydrogen) atoms. The molecular weight excluding hydrogens is 300 g/mol. The molecule has 1 saturated carbocycles. The van der Waals surface area contributed by atoms with Crippen LogP contribution in [0.1, 0.15) is 37.2 Å². The summed E-state index contributed by atoms with van der Waals surface area (Å²) in [6.45, 7) is 9.83. The van der Waals surface area contributed by atoms with Gasteiger partial charge in [-0.05, 0) is 50.8 Å². The van der Waals surface area contributed by atoms with E-state index in [2.05, 4.69) is 45.6 Å². The summed E-state index contributed by atoms with van der Waals surface area (Å²) in [6.07, 6.45) is 3.10. The topological polar surface area (TPSA) is 67.1 Å². The van der Waals surface area contributed by atoms with Gasteiger partial charge in [0.15, 0.2) is 11.8 Å². The van der Waals surface area contributed by atoms with E-state index in [4.69, 9.17) is 0 Å². The monoisotopic (exact) mass is 326 g/mol. The lowest BCUT2D eigenvalue weighted by Gasteiger charge is -2.10. The lowest BCUT2D eigenvalue weighted by atomic mass is 10.3. The van der Waals surface area contributed by atoms with Crippen LogP contribution in [0, 0.1) is 19.8 Å². The third-order valence-electron chi connectivity index (χ3n) is 4.23. The molecule has 1 fully saturated rings. The molecule has 0 amide bonds. The summed E-state index contributed by atoms with van der Waals surface area (Å²) in [5, 5.41) is 11.2. The van der Waals surface area contributed by atoms with E-state index in [9.17, 15) is 0 Å². The first-order valence-electron chi connectivity index (χ1n) is 8.60. The van der Waals surface area contributed by atoms with E-state index in [-0.39, 0.29) is 0 Å². The van der Waals surface area contributed by atoms with Crippen LogP contribution in [0.15, 0.2) is 29.4 Å². The smallest absolute Gasteiger partial charge is 0.191 e. The molecule has 0 spiro atoms. The van der Waals surface area contributed by atoms with Crippen LogP contribution in [-0.4, -0.2) is 33.3 Å². The van der Waals surface area contributed by atoms with E-state index >= 15 is 0 Å². The van der Waals surface area contributed by atoms with E-state index in [0.717, 1.165) is 41.2 Å².